The Hall–Kier alpha value is -3.15. The third kappa shape index (κ3) is 55.8. The SMILES string of the molecule is CC/C=C\C/C=C\C/C=C\C/C=C\C/C=C\CCCCCCCCCCCCCC(=O)OCC(COC(=O)CCCCCCCCCC)OC(=O)CCCCCCCCC/C=C\CCCCCCCC. The van der Waals surface area contributed by atoms with Gasteiger partial charge in [0, 0.05) is 19.3 Å². The molecule has 0 aromatic heterocycles. The molecule has 6 heteroatoms. The second-order valence-electron chi connectivity index (χ2n) is 19.9. The molecule has 0 heterocycles. The van der Waals surface area contributed by atoms with Crippen LogP contribution in [0.5, 0.6) is 0 Å². The van der Waals surface area contributed by atoms with Gasteiger partial charge in [-0.15, -0.1) is 0 Å². The van der Waals surface area contributed by atoms with Gasteiger partial charge in [-0.05, 0) is 89.9 Å². The molecule has 70 heavy (non-hydrogen) atoms. The van der Waals surface area contributed by atoms with E-state index >= 15 is 0 Å². The van der Waals surface area contributed by atoms with Gasteiger partial charge < -0.3 is 14.2 Å². The first-order valence-electron chi connectivity index (χ1n) is 29.9. The Morgan fingerprint density at radius 2 is 0.557 bits per heavy atom. The summed E-state index contributed by atoms with van der Waals surface area (Å²) in [6.07, 6.45) is 74.8. The Bertz CT molecular complexity index is 1310. The van der Waals surface area contributed by atoms with Crippen molar-refractivity contribution in [3.05, 3.63) is 72.9 Å². The number of hydrogen-bond donors (Lipinski definition) is 0. The van der Waals surface area contributed by atoms with Gasteiger partial charge in [0.2, 0.25) is 0 Å². The minimum atomic E-state index is -0.775. The molecule has 0 aliphatic carbocycles. The van der Waals surface area contributed by atoms with Crippen LogP contribution in [0.3, 0.4) is 0 Å². The third-order valence-corrected chi connectivity index (χ3v) is 12.9. The Balaban J connectivity index is 4.17. The maximum absolute atomic E-state index is 12.8. The van der Waals surface area contributed by atoms with E-state index in [4.69, 9.17) is 14.2 Å². The van der Waals surface area contributed by atoms with Crippen LogP contribution in [0.25, 0.3) is 0 Å². The molecule has 6 nitrogen and oxygen atoms in total. The molecule has 0 saturated heterocycles. The van der Waals surface area contributed by atoms with Crippen LogP contribution >= 0.6 is 0 Å². The van der Waals surface area contributed by atoms with Gasteiger partial charge in [-0.3, -0.25) is 14.4 Å². The Kier molecular flexibility index (Phi) is 55.8. The fourth-order valence-electron chi connectivity index (χ4n) is 8.47. The average Bonchev–Trinajstić information content (AvgIpc) is 3.36. The predicted molar refractivity (Wildman–Crippen MR) is 302 cm³/mol. The molecular weight excluding hydrogens is 865 g/mol. The van der Waals surface area contributed by atoms with E-state index in [9.17, 15) is 14.4 Å². The smallest absolute Gasteiger partial charge is 0.306 e. The molecule has 0 fully saturated rings. The summed E-state index contributed by atoms with van der Waals surface area (Å²) < 4.78 is 16.8. The summed E-state index contributed by atoms with van der Waals surface area (Å²) >= 11 is 0. The van der Waals surface area contributed by atoms with Gasteiger partial charge in [-0.25, -0.2) is 0 Å². The van der Waals surface area contributed by atoms with Crippen molar-refractivity contribution in [1.82, 2.24) is 0 Å². The Morgan fingerprint density at radius 3 is 0.886 bits per heavy atom. The van der Waals surface area contributed by atoms with Crippen molar-refractivity contribution in [3.8, 4) is 0 Å². The number of allylic oxidation sites excluding steroid dienone is 12. The highest BCUT2D eigenvalue weighted by Gasteiger charge is 2.19. The molecular formula is C64H112O6. The molecule has 0 saturated carbocycles. The third-order valence-electron chi connectivity index (χ3n) is 12.9. The van der Waals surface area contributed by atoms with Crippen molar-refractivity contribution < 1.29 is 28.6 Å². The molecule has 0 aliphatic heterocycles. The van der Waals surface area contributed by atoms with E-state index in [1.807, 2.05) is 0 Å². The molecule has 1 atom stereocenters. The van der Waals surface area contributed by atoms with Crippen molar-refractivity contribution in [2.75, 3.05) is 13.2 Å². The summed E-state index contributed by atoms with van der Waals surface area (Å²) in [5, 5.41) is 0. The first-order valence-corrected chi connectivity index (χ1v) is 29.9. The van der Waals surface area contributed by atoms with E-state index in [2.05, 4.69) is 93.7 Å². The summed E-state index contributed by atoms with van der Waals surface area (Å²) in [5.74, 6) is -0.877. The van der Waals surface area contributed by atoms with Crippen molar-refractivity contribution in [3.63, 3.8) is 0 Å². The number of carbonyl (C=O) groups excluding carboxylic acids is 3. The topological polar surface area (TPSA) is 78.9 Å². The van der Waals surface area contributed by atoms with E-state index in [-0.39, 0.29) is 31.1 Å². The zero-order valence-electron chi connectivity index (χ0n) is 46.3. The summed E-state index contributed by atoms with van der Waals surface area (Å²) in [4.78, 5) is 38.0. The van der Waals surface area contributed by atoms with Crippen LogP contribution in [0.15, 0.2) is 72.9 Å². The molecule has 0 aliphatic rings. The molecule has 0 aromatic rings. The number of ether oxygens (including phenoxy) is 3. The second kappa shape index (κ2) is 58.4. The fourth-order valence-corrected chi connectivity index (χ4v) is 8.47. The molecule has 0 amide bonds. The van der Waals surface area contributed by atoms with Gasteiger partial charge in [-0.2, -0.15) is 0 Å². The van der Waals surface area contributed by atoms with Crippen LogP contribution in [0.4, 0.5) is 0 Å². The average molecular weight is 978 g/mol. The fraction of sp³-hybridized carbons (Fsp3) is 0.766. The van der Waals surface area contributed by atoms with Gasteiger partial charge in [-0.1, -0.05) is 261 Å². The zero-order chi connectivity index (χ0) is 50.7. The molecule has 0 aromatic carbocycles. The van der Waals surface area contributed by atoms with Gasteiger partial charge in [0.15, 0.2) is 6.10 Å². The summed E-state index contributed by atoms with van der Waals surface area (Å²) in [7, 11) is 0. The summed E-state index contributed by atoms with van der Waals surface area (Å²) in [5.41, 5.74) is 0. The van der Waals surface area contributed by atoms with Crippen molar-refractivity contribution in [1.29, 1.82) is 0 Å². The molecule has 0 spiro atoms. The largest absolute Gasteiger partial charge is 0.462 e. The van der Waals surface area contributed by atoms with Crippen molar-refractivity contribution in [2.24, 2.45) is 0 Å². The Labute approximate surface area is 433 Å². The number of carbonyl (C=O) groups is 3. The molecule has 0 radical (unpaired) electrons. The van der Waals surface area contributed by atoms with Crippen LogP contribution in [0, 0.1) is 0 Å². The minimum absolute atomic E-state index is 0.0752. The minimum Gasteiger partial charge on any atom is -0.462 e. The summed E-state index contributed by atoms with van der Waals surface area (Å²) in [6.45, 7) is 6.51. The lowest BCUT2D eigenvalue weighted by molar-refractivity contribution is -0.167. The highest BCUT2D eigenvalue weighted by Crippen LogP contribution is 2.16. The van der Waals surface area contributed by atoms with Crippen LogP contribution in [-0.4, -0.2) is 37.2 Å². The second-order valence-corrected chi connectivity index (χ2v) is 19.9. The van der Waals surface area contributed by atoms with Crippen molar-refractivity contribution >= 4 is 17.9 Å². The van der Waals surface area contributed by atoms with E-state index < -0.39 is 6.10 Å². The van der Waals surface area contributed by atoms with Crippen LogP contribution in [-0.2, 0) is 28.6 Å². The van der Waals surface area contributed by atoms with Crippen molar-refractivity contribution in [2.45, 2.75) is 303 Å². The van der Waals surface area contributed by atoms with E-state index in [0.29, 0.717) is 19.3 Å². The number of esters is 3. The van der Waals surface area contributed by atoms with Crippen LogP contribution in [0.2, 0.25) is 0 Å². The number of hydrogen-bond acceptors (Lipinski definition) is 6. The molecule has 0 N–H and O–H groups in total. The lowest BCUT2D eigenvalue weighted by Gasteiger charge is -2.18. The lowest BCUT2D eigenvalue weighted by atomic mass is 10.0. The quantitative estimate of drug-likeness (QED) is 0.0261. The highest BCUT2D eigenvalue weighted by atomic mass is 16.6. The first-order chi connectivity index (χ1) is 34.5. The molecule has 404 valence electrons. The molecule has 1 unspecified atom stereocenters. The highest BCUT2D eigenvalue weighted by molar-refractivity contribution is 5.71. The predicted octanol–water partition coefficient (Wildman–Crippen LogP) is 20.2. The lowest BCUT2D eigenvalue weighted by Crippen LogP contribution is -2.30. The maximum atomic E-state index is 12.8. The zero-order valence-corrected chi connectivity index (χ0v) is 46.3. The van der Waals surface area contributed by atoms with Gasteiger partial charge >= 0.3 is 17.9 Å². The van der Waals surface area contributed by atoms with E-state index in [1.165, 1.54) is 167 Å². The molecule has 0 bridgehead atoms. The van der Waals surface area contributed by atoms with Gasteiger partial charge in [0.1, 0.15) is 13.2 Å². The first kappa shape index (κ1) is 66.9. The summed E-state index contributed by atoms with van der Waals surface area (Å²) in [6, 6.07) is 0. The Morgan fingerprint density at radius 1 is 0.300 bits per heavy atom. The van der Waals surface area contributed by atoms with Gasteiger partial charge in [0.05, 0.1) is 0 Å². The normalized spacial score (nSPS) is 12.6. The maximum Gasteiger partial charge on any atom is 0.306 e. The van der Waals surface area contributed by atoms with Gasteiger partial charge in [0.25, 0.3) is 0 Å². The van der Waals surface area contributed by atoms with E-state index in [0.717, 1.165) is 89.9 Å². The van der Waals surface area contributed by atoms with Crippen LogP contribution < -0.4 is 0 Å². The standard InChI is InChI=1S/C64H112O6/c1-4-7-10-13-16-19-21-23-25-27-28-29-30-31-32-33-34-35-36-38-39-41-43-45-48-51-54-57-63(66)69-60-61(59-68-62(65)56-53-50-47-18-15-12-9-6-3)70-64(67)58-55-52-49-46-44-42-40-37-26-24-22-20-17-14-11-8-5-2/h7,10,16,19,23-26,28-29,31-32,61H,4-6,8-9,11-15,17-18,20-22,27,30,33-60H2,1-3H3/b10-7-,19-16-,25-23-,26-24-,29-28-,32-31-. The van der Waals surface area contributed by atoms with E-state index in [1.54, 1.807) is 0 Å². The monoisotopic (exact) mass is 977 g/mol. The number of unbranched alkanes of at least 4 members (excludes halogenated alkanes) is 31. The molecule has 0 rings (SSSR count). The number of rotatable bonds is 54. The van der Waals surface area contributed by atoms with Crippen LogP contribution in [0.1, 0.15) is 297 Å².